The second kappa shape index (κ2) is 8.65. The molecule has 0 aliphatic heterocycles. The molecule has 0 N–H and O–H groups in total. The zero-order chi connectivity index (χ0) is 18.7. The normalized spacial score (nSPS) is 11.6. The predicted octanol–water partition coefficient (Wildman–Crippen LogP) is 4.68. The van der Waals surface area contributed by atoms with Crippen molar-refractivity contribution < 1.29 is 4.74 Å². The molecule has 138 valence electrons. The van der Waals surface area contributed by atoms with Crippen molar-refractivity contribution in [3.05, 3.63) is 49.1 Å². The Kier molecular flexibility index (Phi) is 6.50. The molecule has 0 radical (unpaired) electrons. The van der Waals surface area contributed by atoms with Gasteiger partial charge in [-0.05, 0) is 18.2 Å². The smallest absolute Gasteiger partial charge is 0.262 e. The minimum Gasteiger partial charge on any atom is -0.383 e. The van der Waals surface area contributed by atoms with Gasteiger partial charge in [-0.15, -0.1) is 11.3 Å². The standard InChI is InChI=1S/C18H20BrN3O2S2/c1-11(2)16-20-13(9-25-16)10-26-18-21-15-5-4-12(19)8-14(15)17(23)22(18)6-7-24-3/h4-5,8-9,11H,6-7,10H2,1-3H3. The van der Waals surface area contributed by atoms with Crippen LogP contribution in [0.25, 0.3) is 10.9 Å². The van der Waals surface area contributed by atoms with Crippen LogP contribution in [0.2, 0.25) is 0 Å². The molecular weight excluding hydrogens is 434 g/mol. The molecule has 26 heavy (non-hydrogen) atoms. The molecule has 0 fully saturated rings. The molecule has 0 bridgehead atoms. The highest BCUT2D eigenvalue weighted by molar-refractivity contribution is 9.10. The van der Waals surface area contributed by atoms with E-state index >= 15 is 0 Å². The number of rotatable bonds is 7. The second-order valence-electron chi connectivity index (χ2n) is 6.13. The third-order valence-electron chi connectivity index (χ3n) is 3.81. The molecule has 0 amide bonds. The number of benzene rings is 1. The Morgan fingerprint density at radius 1 is 1.35 bits per heavy atom. The van der Waals surface area contributed by atoms with Crippen LogP contribution in [0, 0.1) is 0 Å². The van der Waals surface area contributed by atoms with E-state index in [1.54, 1.807) is 23.0 Å². The van der Waals surface area contributed by atoms with E-state index in [1.807, 2.05) is 18.2 Å². The maximum absolute atomic E-state index is 12.9. The van der Waals surface area contributed by atoms with Gasteiger partial charge in [-0.3, -0.25) is 9.36 Å². The van der Waals surface area contributed by atoms with Gasteiger partial charge in [0.25, 0.3) is 5.56 Å². The van der Waals surface area contributed by atoms with Crippen LogP contribution in [0.3, 0.4) is 0 Å². The summed E-state index contributed by atoms with van der Waals surface area (Å²) in [5.41, 5.74) is 1.68. The fourth-order valence-corrected chi connectivity index (χ4v) is 4.67. The van der Waals surface area contributed by atoms with E-state index in [4.69, 9.17) is 9.72 Å². The van der Waals surface area contributed by atoms with E-state index in [0.717, 1.165) is 15.2 Å². The van der Waals surface area contributed by atoms with E-state index in [9.17, 15) is 4.79 Å². The van der Waals surface area contributed by atoms with Crippen molar-refractivity contribution in [3.8, 4) is 0 Å². The lowest BCUT2D eigenvalue weighted by Crippen LogP contribution is -2.25. The fraction of sp³-hybridized carbons (Fsp3) is 0.389. The number of ether oxygens (including phenoxy) is 1. The average molecular weight is 454 g/mol. The lowest BCUT2D eigenvalue weighted by atomic mass is 10.2. The van der Waals surface area contributed by atoms with Crippen molar-refractivity contribution in [2.75, 3.05) is 13.7 Å². The van der Waals surface area contributed by atoms with E-state index in [2.05, 4.69) is 40.1 Å². The summed E-state index contributed by atoms with van der Waals surface area (Å²) in [6.45, 7) is 5.21. The molecule has 3 aromatic rings. The number of thiazole rings is 1. The minimum absolute atomic E-state index is 0.0444. The van der Waals surface area contributed by atoms with Gasteiger partial charge in [0, 0.05) is 28.6 Å². The number of nitrogens with zero attached hydrogens (tertiary/aromatic N) is 3. The van der Waals surface area contributed by atoms with Gasteiger partial charge in [-0.25, -0.2) is 9.97 Å². The molecule has 0 atom stereocenters. The number of fused-ring (bicyclic) bond motifs is 1. The number of hydrogen-bond donors (Lipinski definition) is 0. The molecule has 0 spiro atoms. The Bertz CT molecular complexity index is 969. The van der Waals surface area contributed by atoms with Crippen molar-refractivity contribution in [2.24, 2.45) is 0 Å². The highest BCUT2D eigenvalue weighted by Crippen LogP contribution is 2.26. The summed E-state index contributed by atoms with van der Waals surface area (Å²) in [5.74, 6) is 1.11. The quantitative estimate of drug-likeness (QED) is 0.383. The van der Waals surface area contributed by atoms with Gasteiger partial charge in [-0.2, -0.15) is 0 Å². The van der Waals surface area contributed by atoms with E-state index < -0.39 is 0 Å². The summed E-state index contributed by atoms with van der Waals surface area (Å²) in [6.07, 6.45) is 0. The maximum Gasteiger partial charge on any atom is 0.262 e. The fourth-order valence-electron chi connectivity index (χ4n) is 2.46. The molecule has 2 heterocycles. The van der Waals surface area contributed by atoms with Crippen LogP contribution in [-0.4, -0.2) is 28.3 Å². The first-order valence-electron chi connectivity index (χ1n) is 8.25. The minimum atomic E-state index is -0.0444. The zero-order valence-electron chi connectivity index (χ0n) is 14.9. The first-order chi connectivity index (χ1) is 12.5. The molecule has 8 heteroatoms. The number of hydrogen-bond acceptors (Lipinski definition) is 6. The Balaban J connectivity index is 1.94. The zero-order valence-corrected chi connectivity index (χ0v) is 18.1. The summed E-state index contributed by atoms with van der Waals surface area (Å²) in [4.78, 5) is 22.3. The van der Waals surface area contributed by atoms with Gasteiger partial charge < -0.3 is 4.74 Å². The first-order valence-corrected chi connectivity index (χ1v) is 10.9. The van der Waals surface area contributed by atoms with Gasteiger partial charge in [0.15, 0.2) is 5.16 Å². The molecule has 2 aromatic heterocycles. The van der Waals surface area contributed by atoms with Gasteiger partial charge in [0.05, 0.1) is 34.8 Å². The summed E-state index contributed by atoms with van der Waals surface area (Å²) in [5, 5.41) is 4.52. The SMILES string of the molecule is COCCn1c(SCc2csc(C(C)C)n2)nc2ccc(Br)cc2c1=O. The molecule has 0 saturated heterocycles. The van der Waals surface area contributed by atoms with Crippen LogP contribution in [0.1, 0.15) is 30.5 Å². The predicted molar refractivity (Wildman–Crippen MR) is 111 cm³/mol. The Morgan fingerprint density at radius 2 is 2.15 bits per heavy atom. The molecule has 5 nitrogen and oxygen atoms in total. The van der Waals surface area contributed by atoms with Crippen LogP contribution in [-0.2, 0) is 17.0 Å². The van der Waals surface area contributed by atoms with Crippen LogP contribution >= 0.6 is 39.0 Å². The molecule has 0 aliphatic rings. The van der Waals surface area contributed by atoms with Crippen LogP contribution < -0.4 is 5.56 Å². The van der Waals surface area contributed by atoms with E-state index in [0.29, 0.717) is 40.9 Å². The second-order valence-corrected chi connectivity index (χ2v) is 8.87. The molecule has 0 saturated carbocycles. The van der Waals surface area contributed by atoms with Gasteiger partial charge in [-0.1, -0.05) is 41.5 Å². The Hall–Kier alpha value is -1.22. The van der Waals surface area contributed by atoms with E-state index in [1.165, 1.54) is 11.8 Å². The van der Waals surface area contributed by atoms with Crippen molar-refractivity contribution >= 4 is 49.9 Å². The summed E-state index contributed by atoms with van der Waals surface area (Å²) >= 11 is 6.64. The van der Waals surface area contributed by atoms with Gasteiger partial charge >= 0.3 is 0 Å². The van der Waals surface area contributed by atoms with Crippen molar-refractivity contribution in [3.63, 3.8) is 0 Å². The summed E-state index contributed by atoms with van der Waals surface area (Å²) in [7, 11) is 1.63. The largest absolute Gasteiger partial charge is 0.383 e. The van der Waals surface area contributed by atoms with Crippen molar-refractivity contribution in [1.29, 1.82) is 0 Å². The topological polar surface area (TPSA) is 57.0 Å². The number of thioether (sulfide) groups is 1. The number of halogens is 1. The van der Waals surface area contributed by atoms with Crippen LogP contribution in [0.5, 0.6) is 0 Å². The van der Waals surface area contributed by atoms with Gasteiger partial charge in [0.1, 0.15) is 0 Å². The first kappa shape index (κ1) is 19.5. The summed E-state index contributed by atoms with van der Waals surface area (Å²) in [6, 6.07) is 5.58. The van der Waals surface area contributed by atoms with Crippen molar-refractivity contribution in [1.82, 2.24) is 14.5 Å². The third-order valence-corrected chi connectivity index (χ3v) is 6.51. The van der Waals surface area contributed by atoms with Crippen LogP contribution in [0.15, 0.2) is 38.0 Å². The molecule has 0 unspecified atom stereocenters. The number of aromatic nitrogens is 3. The lowest BCUT2D eigenvalue weighted by Gasteiger charge is -2.12. The summed E-state index contributed by atoms with van der Waals surface area (Å²) < 4.78 is 7.73. The molecule has 3 rings (SSSR count). The molecule has 0 aliphatic carbocycles. The van der Waals surface area contributed by atoms with Crippen LogP contribution in [0.4, 0.5) is 0 Å². The Morgan fingerprint density at radius 3 is 2.85 bits per heavy atom. The highest BCUT2D eigenvalue weighted by Gasteiger charge is 2.13. The maximum atomic E-state index is 12.9. The third kappa shape index (κ3) is 4.36. The van der Waals surface area contributed by atoms with Gasteiger partial charge in [0.2, 0.25) is 0 Å². The average Bonchev–Trinajstić information content (AvgIpc) is 3.09. The van der Waals surface area contributed by atoms with E-state index in [-0.39, 0.29) is 5.56 Å². The lowest BCUT2D eigenvalue weighted by molar-refractivity contribution is 0.183. The molecule has 1 aromatic carbocycles. The van der Waals surface area contributed by atoms with Crippen molar-refractivity contribution in [2.45, 2.75) is 37.2 Å². The number of methoxy groups -OCH3 is 1. The highest BCUT2D eigenvalue weighted by atomic mass is 79.9. The Labute approximate surface area is 168 Å². The monoisotopic (exact) mass is 453 g/mol. The molecular formula is C18H20BrN3O2S2.